The summed E-state index contributed by atoms with van der Waals surface area (Å²) in [5.74, 6) is -8.16. The van der Waals surface area contributed by atoms with E-state index in [9.17, 15) is 28.0 Å². The van der Waals surface area contributed by atoms with Gasteiger partial charge in [-0.1, -0.05) is 35.8 Å². The van der Waals surface area contributed by atoms with Crippen LogP contribution in [0.5, 0.6) is 0 Å². The second-order valence-corrected chi connectivity index (χ2v) is 7.72. The topological polar surface area (TPSA) is 83.6 Å². The molecule has 0 aliphatic carbocycles. The maximum atomic E-state index is 14.7. The molecule has 0 aromatic heterocycles. The molecule has 2 aromatic carbocycles. The van der Waals surface area contributed by atoms with Crippen LogP contribution in [0.4, 0.5) is 8.78 Å². The molecular weight excluding hydrogens is 442 g/mol. The Hall–Kier alpha value is -3.13. The van der Waals surface area contributed by atoms with E-state index in [1.54, 1.807) is 0 Å². The lowest BCUT2D eigenvalue weighted by Gasteiger charge is -2.29. The van der Waals surface area contributed by atoms with Crippen LogP contribution in [-0.2, 0) is 33.2 Å². The lowest BCUT2D eigenvalue weighted by Crippen LogP contribution is -2.52. The van der Waals surface area contributed by atoms with Gasteiger partial charge in [0.05, 0.1) is 5.48 Å². The van der Waals surface area contributed by atoms with Gasteiger partial charge in [0, 0.05) is 36.9 Å². The number of fused-ring (bicyclic) bond motifs is 1. The number of alkyl halides is 2. The molecule has 2 aromatic rings. The fourth-order valence-corrected chi connectivity index (χ4v) is 3.54. The van der Waals surface area contributed by atoms with Crippen LogP contribution in [0.3, 0.4) is 0 Å². The van der Waals surface area contributed by atoms with Crippen LogP contribution < -0.4 is 5.32 Å². The number of amides is 3. The third kappa shape index (κ3) is 4.14. The molecule has 2 atom stereocenters. The van der Waals surface area contributed by atoms with Crippen molar-refractivity contribution >= 4 is 35.1 Å². The highest BCUT2D eigenvalue weighted by Crippen LogP contribution is 2.32. The highest BCUT2D eigenvalue weighted by Gasteiger charge is 2.41. The minimum absolute atomic E-state index is 0.155. The van der Waals surface area contributed by atoms with Gasteiger partial charge in [-0.3, -0.25) is 24.5 Å². The highest BCUT2D eigenvalue weighted by atomic mass is 35.5. The van der Waals surface area contributed by atoms with E-state index < -0.39 is 89.1 Å². The third-order valence-corrected chi connectivity index (χ3v) is 5.39. The Morgan fingerprint density at radius 2 is 2.00 bits per heavy atom. The lowest BCUT2D eigenvalue weighted by molar-refractivity contribution is -0.144. The monoisotopic (exact) mass is 465 g/mol. The summed E-state index contributed by atoms with van der Waals surface area (Å²) >= 11 is 5.70. The maximum absolute atomic E-state index is 14.7. The van der Waals surface area contributed by atoms with Crippen LogP contribution in [0.25, 0.3) is 0 Å². The van der Waals surface area contributed by atoms with Crippen LogP contribution in [-0.4, -0.2) is 34.4 Å². The number of benzene rings is 2. The molecular formula is C23H19ClF2N2O4. The van der Waals surface area contributed by atoms with Gasteiger partial charge in [0.15, 0.2) is 0 Å². The molecule has 1 N–H and O–H groups in total. The molecule has 0 spiro atoms. The summed E-state index contributed by atoms with van der Waals surface area (Å²) in [5, 5.41) is 2.21. The Morgan fingerprint density at radius 1 is 1.28 bits per heavy atom. The van der Waals surface area contributed by atoms with Gasteiger partial charge in [0.25, 0.3) is 5.91 Å². The van der Waals surface area contributed by atoms with Crippen molar-refractivity contribution < 1.29 is 34.8 Å². The molecule has 9 heteroatoms. The van der Waals surface area contributed by atoms with E-state index in [0.29, 0.717) is 4.90 Å². The van der Waals surface area contributed by atoms with E-state index in [1.165, 1.54) is 12.1 Å². The molecule has 6 nitrogen and oxygen atoms in total. The van der Waals surface area contributed by atoms with Gasteiger partial charge in [0.2, 0.25) is 17.6 Å². The van der Waals surface area contributed by atoms with Gasteiger partial charge >= 0.3 is 5.92 Å². The smallest absolute Gasteiger partial charge is 0.322 e. The van der Waals surface area contributed by atoms with Crippen LogP contribution in [0, 0.1) is 0 Å². The molecule has 4 rings (SSSR count). The first kappa shape index (κ1) is 16.5. The van der Waals surface area contributed by atoms with Crippen LogP contribution in [0.1, 0.15) is 53.2 Å². The Morgan fingerprint density at radius 3 is 2.69 bits per heavy atom. The summed E-state index contributed by atoms with van der Waals surface area (Å²) in [6.07, 6.45) is -3.17. The van der Waals surface area contributed by atoms with Crippen molar-refractivity contribution in [2.24, 2.45) is 0 Å². The van der Waals surface area contributed by atoms with E-state index >= 15 is 0 Å². The number of carbonyl (C=O) groups excluding carboxylic acids is 4. The second kappa shape index (κ2) is 8.43. The molecule has 1 saturated heterocycles. The Labute approximate surface area is 194 Å². The second-order valence-electron chi connectivity index (χ2n) is 7.29. The number of halogens is 3. The first-order chi connectivity index (χ1) is 17.2. The SMILES string of the molecule is [2H]c1cc(C([2H])CC(=O)C(F)(F)c2ccc(Cl)cc2)c([2H])c2c1C(=O)N(C1CCC(=O)NC1=O)C2([2H])[2H]. The summed E-state index contributed by atoms with van der Waals surface area (Å²) in [5.41, 5.74) is -2.14. The Kier molecular flexibility index (Phi) is 4.34. The lowest BCUT2D eigenvalue weighted by atomic mass is 9.97. The number of rotatable bonds is 6. The van der Waals surface area contributed by atoms with E-state index in [-0.39, 0.29) is 17.9 Å². The number of carbonyl (C=O) groups is 4. The number of hydrogen-bond acceptors (Lipinski definition) is 4. The number of Topliss-reactive ketones (excluding diaryl/α,β-unsaturated/α-hetero) is 1. The van der Waals surface area contributed by atoms with Crippen LogP contribution in [0.15, 0.2) is 42.4 Å². The van der Waals surface area contributed by atoms with Gasteiger partial charge in [-0.25, -0.2) is 0 Å². The quantitative estimate of drug-likeness (QED) is 0.663. The van der Waals surface area contributed by atoms with Crippen molar-refractivity contribution in [2.45, 2.75) is 44.1 Å². The van der Waals surface area contributed by atoms with Crippen molar-refractivity contribution in [2.75, 3.05) is 0 Å². The standard InChI is InChI=1S/C23H19ClF2N2O4/c24-16-5-3-15(4-6-16)23(25,26)19(29)9-2-13-1-7-17-14(11-13)12-28(22(17)32)18-8-10-20(30)27-21(18)31/h1,3-7,11,18H,2,8-10,12H2,(H,27,30,31)/i2D,7D,11D,12D2. The van der Waals surface area contributed by atoms with E-state index in [1.807, 2.05) is 5.32 Å². The maximum Gasteiger partial charge on any atom is 0.330 e. The predicted octanol–water partition coefficient (Wildman–Crippen LogP) is 3.39. The summed E-state index contributed by atoms with van der Waals surface area (Å²) in [7, 11) is 0. The zero-order chi connectivity index (χ0) is 27.4. The van der Waals surface area contributed by atoms with E-state index in [4.69, 9.17) is 18.5 Å². The molecule has 0 radical (unpaired) electrons. The van der Waals surface area contributed by atoms with Gasteiger partial charge in [-0.2, -0.15) is 8.78 Å². The van der Waals surface area contributed by atoms with Crippen molar-refractivity contribution in [3.05, 3.63) is 69.7 Å². The number of piperidine rings is 1. The molecule has 0 saturated carbocycles. The van der Waals surface area contributed by atoms with Crippen molar-refractivity contribution in [3.8, 4) is 0 Å². The van der Waals surface area contributed by atoms with E-state index in [0.717, 1.165) is 18.2 Å². The molecule has 2 aliphatic rings. The number of hydrogen-bond donors (Lipinski definition) is 1. The van der Waals surface area contributed by atoms with Gasteiger partial charge < -0.3 is 4.90 Å². The average Bonchev–Trinajstić information content (AvgIpc) is 3.02. The summed E-state index contributed by atoms with van der Waals surface area (Å²) in [6, 6.07) is 2.51. The zero-order valence-electron chi connectivity index (χ0n) is 21.4. The average molecular weight is 466 g/mol. The van der Waals surface area contributed by atoms with Gasteiger partial charge in [-0.15, -0.1) is 0 Å². The number of imide groups is 1. The summed E-state index contributed by atoms with van der Waals surface area (Å²) in [4.78, 5) is 49.9. The van der Waals surface area contributed by atoms with Crippen molar-refractivity contribution in [3.63, 3.8) is 0 Å². The zero-order valence-corrected chi connectivity index (χ0v) is 17.1. The molecule has 2 heterocycles. The predicted molar refractivity (Wildman–Crippen MR) is 111 cm³/mol. The number of ketones is 1. The molecule has 0 bridgehead atoms. The number of nitrogens with zero attached hydrogens (tertiary/aromatic N) is 1. The van der Waals surface area contributed by atoms with Crippen LogP contribution >= 0.6 is 11.6 Å². The largest absolute Gasteiger partial charge is 0.330 e. The normalized spacial score (nSPS) is 23.3. The third-order valence-electron chi connectivity index (χ3n) is 5.14. The minimum Gasteiger partial charge on any atom is -0.322 e. The fourth-order valence-electron chi connectivity index (χ4n) is 3.42. The van der Waals surface area contributed by atoms with Crippen molar-refractivity contribution in [1.29, 1.82) is 0 Å². The summed E-state index contributed by atoms with van der Waals surface area (Å²) in [6.45, 7) is -2.78. The van der Waals surface area contributed by atoms with E-state index in [2.05, 4.69) is 0 Å². The van der Waals surface area contributed by atoms with Crippen molar-refractivity contribution in [1.82, 2.24) is 10.2 Å². The highest BCUT2D eigenvalue weighted by molar-refractivity contribution is 6.30. The molecule has 2 unspecified atom stereocenters. The first-order valence-corrected chi connectivity index (χ1v) is 9.97. The number of aryl methyl sites for hydroxylation is 1. The molecule has 2 aliphatic heterocycles. The van der Waals surface area contributed by atoms with Gasteiger partial charge in [0.1, 0.15) is 6.04 Å². The molecule has 3 amide bonds. The fraction of sp³-hybridized carbons (Fsp3) is 0.304. The molecule has 1 fully saturated rings. The first-order valence-electron chi connectivity index (χ1n) is 12.2. The van der Waals surface area contributed by atoms with Crippen LogP contribution in [0.2, 0.25) is 5.02 Å². The molecule has 166 valence electrons. The Balaban J connectivity index is 1.67. The summed E-state index contributed by atoms with van der Waals surface area (Å²) < 4.78 is 71.5. The Bertz CT molecular complexity index is 1340. The molecule has 32 heavy (non-hydrogen) atoms. The van der Waals surface area contributed by atoms with Gasteiger partial charge in [-0.05, 0) is 42.1 Å². The minimum atomic E-state index is -3.97. The number of nitrogens with one attached hydrogen (secondary N) is 1.